The molecule has 0 amide bonds. The van der Waals surface area contributed by atoms with E-state index >= 15 is 0 Å². The molecule has 0 saturated carbocycles. The molecule has 2 atom stereocenters. The highest BCUT2D eigenvalue weighted by molar-refractivity contribution is 4.86. The topological polar surface area (TPSA) is 42.0 Å². The number of hydrogen-bond acceptors (Lipinski definition) is 3. The Balaban J connectivity index is 2.13. The minimum absolute atomic E-state index is 0.0612. The number of epoxide rings is 1. The summed E-state index contributed by atoms with van der Waals surface area (Å²) in [7, 11) is 0. The SMILES string of the molecule is CC1OC1(C)OCCO. The fourth-order valence-corrected chi connectivity index (χ4v) is 0.717. The Hall–Kier alpha value is -0.120. The number of aliphatic hydroxyl groups is 1. The molecule has 3 nitrogen and oxygen atoms in total. The summed E-state index contributed by atoms with van der Waals surface area (Å²) in [5.74, 6) is -0.400. The average molecular weight is 132 g/mol. The minimum Gasteiger partial charge on any atom is -0.394 e. The fourth-order valence-electron chi connectivity index (χ4n) is 0.717. The lowest BCUT2D eigenvalue weighted by molar-refractivity contribution is -0.0430. The highest BCUT2D eigenvalue weighted by Gasteiger charge is 2.50. The van der Waals surface area contributed by atoms with Crippen molar-refractivity contribution in [3.8, 4) is 0 Å². The van der Waals surface area contributed by atoms with E-state index in [0.29, 0.717) is 6.61 Å². The molecule has 0 spiro atoms. The van der Waals surface area contributed by atoms with Gasteiger partial charge in [-0.05, 0) is 13.8 Å². The molecule has 54 valence electrons. The summed E-state index contributed by atoms with van der Waals surface area (Å²) in [5, 5.41) is 8.36. The van der Waals surface area contributed by atoms with E-state index in [1.165, 1.54) is 0 Å². The lowest BCUT2D eigenvalue weighted by Crippen LogP contribution is -2.16. The predicted molar refractivity (Wildman–Crippen MR) is 32.0 cm³/mol. The summed E-state index contributed by atoms with van der Waals surface area (Å²) in [4.78, 5) is 0. The van der Waals surface area contributed by atoms with Crippen molar-refractivity contribution in [1.82, 2.24) is 0 Å². The van der Waals surface area contributed by atoms with Crippen LogP contribution in [-0.2, 0) is 9.47 Å². The molecule has 1 fully saturated rings. The maximum Gasteiger partial charge on any atom is 0.192 e. The molecular formula is C6H12O3. The van der Waals surface area contributed by atoms with Crippen LogP contribution in [0.15, 0.2) is 0 Å². The quantitative estimate of drug-likeness (QED) is 0.555. The molecule has 1 aliphatic heterocycles. The van der Waals surface area contributed by atoms with Crippen molar-refractivity contribution >= 4 is 0 Å². The van der Waals surface area contributed by atoms with Crippen molar-refractivity contribution in [2.24, 2.45) is 0 Å². The maximum absolute atomic E-state index is 8.36. The van der Waals surface area contributed by atoms with Crippen LogP contribution in [0.4, 0.5) is 0 Å². The van der Waals surface area contributed by atoms with Gasteiger partial charge in [0.25, 0.3) is 0 Å². The zero-order valence-corrected chi connectivity index (χ0v) is 5.76. The number of ether oxygens (including phenoxy) is 2. The van der Waals surface area contributed by atoms with Gasteiger partial charge in [0.15, 0.2) is 5.79 Å². The first kappa shape index (κ1) is 6.99. The van der Waals surface area contributed by atoms with Gasteiger partial charge in [0.2, 0.25) is 0 Å². The number of rotatable bonds is 3. The largest absolute Gasteiger partial charge is 0.394 e. The first-order valence-electron chi connectivity index (χ1n) is 3.11. The molecule has 0 aromatic heterocycles. The van der Waals surface area contributed by atoms with Crippen molar-refractivity contribution in [3.05, 3.63) is 0 Å². The van der Waals surface area contributed by atoms with Crippen LogP contribution in [0.1, 0.15) is 13.8 Å². The molecule has 0 bridgehead atoms. The highest BCUT2D eigenvalue weighted by atomic mass is 16.8. The second kappa shape index (κ2) is 2.25. The van der Waals surface area contributed by atoms with Crippen LogP contribution in [0, 0.1) is 0 Å². The molecule has 3 heteroatoms. The molecule has 1 rings (SSSR count). The van der Waals surface area contributed by atoms with Crippen LogP contribution in [0.25, 0.3) is 0 Å². The average Bonchev–Trinajstić information content (AvgIpc) is 2.38. The van der Waals surface area contributed by atoms with Gasteiger partial charge >= 0.3 is 0 Å². The second-order valence-electron chi connectivity index (χ2n) is 2.35. The van der Waals surface area contributed by atoms with E-state index in [2.05, 4.69) is 0 Å². The maximum atomic E-state index is 8.36. The van der Waals surface area contributed by atoms with Crippen molar-refractivity contribution in [2.75, 3.05) is 13.2 Å². The van der Waals surface area contributed by atoms with Crippen molar-refractivity contribution in [1.29, 1.82) is 0 Å². The van der Waals surface area contributed by atoms with E-state index in [4.69, 9.17) is 14.6 Å². The fraction of sp³-hybridized carbons (Fsp3) is 1.00. The molecule has 1 heterocycles. The van der Waals surface area contributed by atoms with Crippen LogP contribution >= 0.6 is 0 Å². The van der Waals surface area contributed by atoms with Crippen LogP contribution < -0.4 is 0 Å². The molecular weight excluding hydrogens is 120 g/mol. The molecule has 0 aromatic rings. The number of hydrogen-bond donors (Lipinski definition) is 1. The van der Waals surface area contributed by atoms with E-state index in [9.17, 15) is 0 Å². The molecule has 0 radical (unpaired) electrons. The Labute approximate surface area is 54.6 Å². The van der Waals surface area contributed by atoms with Gasteiger partial charge in [-0.3, -0.25) is 0 Å². The Kier molecular flexibility index (Phi) is 1.75. The summed E-state index contributed by atoms with van der Waals surface area (Å²) in [6.45, 7) is 4.23. The van der Waals surface area contributed by atoms with Crippen LogP contribution in [0.5, 0.6) is 0 Å². The third kappa shape index (κ3) is 1.41. The van der Waals surface area contributed by atoms with E-state index in [1.807, 2.05) is 13.8 Å². The van der Waals surface area contributed by atoms with Gasteiger partial charge in [0, 0.05) is 0 Å². The molecule has 0 aromatic carbocycles. The number of aliphatic hydroxyl groups excluding tert-OH is 1. The van der Waals surface area contributed by atoms with E-state index in [-0.39, 0.29) is 12.7 Å². The summed E-state index contributed by atoms with van der Waals surface area (Å²) in [6, 6.07) is 0. The van der Waals surface area contributed by atoms with Crippen LogP contribution in [0.3, 0.4) is 0 Å². The standard InChI is InChI=1S/C6H12O3/c1-5-6(2,9-5)8-4-3-7/h5,7H,3-4H2,1-2H3. The van der Waals surface area contributed by atoms with Gasteiger partial charge in [-0.15, -0.1) is 0 Å². The zero-order chi connectivity index (χ0) is 6.91. The second-order valence-corrected chi connectivity index (χ2v) is 2.35. The monoisotopic (exact) mass is 132 g/mol. The van der Waals surface area contributed by atoms with E-state index < -0.39 is 5.79 Å². The van der Waals surface area contributed by atoms with Crippen molar-refractivity contribution in [3.63, 3.8) is 0 Å². The summed E-state index contributed by atoms with van der Waals surface area (Å²) in [5.41, 5.74) is 0. The van der Waals surface area contributed by atoms with Gasteiger partial charge in [-0.25, -0.2) is 0 Å². The minimum atomic E-state index is -0.400. The van der Waals surface area contributed by atoms with Crippen molar-refractivity contribution < 1.29 is 14.6 Å². The van der Waals surface area contributed by atoms with Gasteiger partial charge < -0.3 is 14.6 Å². The Morgan fingerprint density at radius 2 is 2.33 bits per heavy atom. The normalized spacial score (nSPS) is 41.0. The highest BCUT2D eigenvalue weighted by Crippen LogP contribution is 2.36. The molecule has 2 unspecified atom stereocenters. The molecule has 1 N–H and O–H groups in total. The Bertz CT molecular complexity index is 104. The van der Waals surface area contributed by atoms with E-state index in [1.54, 1.807) is 0 Å². The predicted octanol–water partition coefficient (Wildman–Crippen LogP) is 0.130. The van der Waals surface area contributed by atoms with Crippen molar-refractivity contribution in [2.45, 2.75) is 25.7 Å². The van der Waals surface area contributed by atoms with Crippen LogP contribution in [0.2, 0.25) is 0 Å². The molecule has 1 saturated heterocycles. The smallest absolute Gasteiger partial charge is 0.192 e. The van der Waals surface area contributed by atoms with Gasteiger partial charge in [-0.2, -0.15) is 0 Å². The first-order chi connectivity index (χ1) is 4.19. The summed E-state index contributed by atoms with van der Waals surface area (Å²) in [6.07, 6.45) is 0.184. The molecule has 0 aliphatic carbocycles. The lowest BCUT2D eigenvalue weighted by atomic mass is 10.3. The molecule has 1 aliphatic rings. The third-order valence-electron chi connectivity index (χ3n) is 1.57. The first-order valence-corrected chi connectivity index (χ1v) is 3.11. The van der Waals surface area contributed by atoms with Gasteiger partial charge in [-0.1, -0.05) is 0 Å². The van der Waals surface area contributed by atoms with Crippen LogP contribution in [-0.4, -0.2) is 30.2 Å². The molecule has 9 heavy (non-hydrogen) atoms. The Morgan fingerprint density at radius 3 is 2.67 bits per heavy atom. The van der Waals surface area contributed by atoms with Gasteiger partial charge in [0.05, 0.1) is 13.2 Å². The lowest BCUT2D eigenvalue weighted by Gasteiger charge is -2.04. The third-order valence-corrected chi connectivity index (χ3v) is 1.57. The zero-order valence-electron chi connectivity index (χ0n) is 5.76. The van der Waals surface area contributed by atoms with Gasteiger partial charge in [0.1, 0.15) is 6.10 Å². The summed E-state index contributed by atoms with van der Waals surface area (Å²) >= 11 is 0. The summed E-state index contributed by atoms with van der Waals surface area (Å²) < 4.78 is 10.2. The van der Waals surface area contributed by atoms with E-state index in [0.717, 1.165) is 0 Å². The Morgan fingerprint density at radius 1 is 1.78 bits per heavy atom.